The highest BCUT2D eigenvalue weighted by molar-refractivity contribution is 9.10. The second-order valence-corrected chi connectivity index (χ2v) is 4.60. The van der Waals surface area contributed by atoms with Gasteiger partial charge < -0.3 is 14.6 Å². The molecule has 0 spiro atoms. The molecule has 1 unspecified atom stereocenters. The molecule has 1 aromatic carbocycles. The smallest absolute Gasteiger partial charge is 0.306 e. The largest absolute Gasteiger partial charge is 0.496 e. The third kappa shape index (κ3) is 3.36. The summed E-state index contributed by atoms with van der Waals surface area (Å²) < 4.78 is 11.2. The molecule has 0 amide bonds. The van der Waals surface area contributed by atoms with E-state index in [0.717, 1.165) is 10.0 Å². The molecule has 0 radical (unpaired) electrons. The number of halogens is 1. The van der Waals surface area contributed by atoms with Crippen LogP contribution in [0, 0.1) is 5.92 Å². The molecule has 1 rings (SSSR count). The summed E-state index contributed by atoms with van der Waals surface area (Å²) in [5.74, 6) is 0.0351. The molecule has 0 aromatic heterocycles. The summed E-state index contributed by atoms with van der Waals surface area (Å²) in [5, 5.41) is 8.91. The Hall–Kier alpha value is -1.23. The first-order chi connectivity index (χ1) is 7.99. The van der Waals surface area contributed by atoms with Gasteiger partial charge in [0, 0.05) is 0 Å². The summed E-state index contributed by atoms with van der Waals surface area (Å²) in [4.78, 5) is 10.8. The van der Waals surface area contributed by atoms with E-state index in [2.05, 4.69) is 15.9 Å². The fourth-order valence-corrected chi connectivity index (χ4v) is 1.98. The van der Waals surface area contributed by atoms with Gasteiger partial charge in [0.15, 0.2) is 0 Å². The number of methoxy groups -OCH3 is 2. The number of ether oxygens (including phenoxy) is 2. The Balaban J connectivity index is 3.08. The van der Waals surface area contributed by atoms with E-state index in [1.54, 1.807) is 33.3 Å². The van der Waals surface area contributed by atoms with Crippen LogP contribution in [0.15, 0.2) is 16.6 Å². The summed E-state index contributed by atoms with van der Waals surface area (Å²) in [7, 11) is 3.13. The van der Waals surface area contributed by atoms with Crippen LogP contribution in [-0.2, 0) is 11.2 Å². The molecule has 1 atom stereocenters. The second-order valence-electron chi connectivity index (χ2n) is 3.74. The van der Waals surface area contributed by atoms with Gasteiger partial charge in [0.25, 0.3) is 0 Å². The van der Waals surface area contributed by atoms with Crippen molar-refractivity contribution in [2.45, 2.75) is 13.3 Å². The van der Waals surface area contributed by atoms with Gasteiger partial charge in [-0.3, -0.25) is 4.79 Å². The van der Waals surface area contributed by atoms with E-state index in [-0.39, 0.29) is 0 Å². The van der Waals surface area contributed by atoms with Crippen molar-refractivity contribution in [1.29, 1.82) is 0 Å². The molecule has 1 aromatic rings. The summed E-state index contributed by atoms with van der Waals surface area (Å²) >= 11 is 3.36. The van der Waals surface area contributed by atoms with E-state index in [9.17, 15) is 4.79 Å². The number of carboxylic acids is 1. The van der Waals surface area contributed by atoms with Gasteiger partial charge in [-0.15, -0.1) is 0 Å². The number of carboxylic acid groups (broad SMARTS) is 1. The SMILES string of the molecule is COc1cc(CC(C)C(=O)O)c(OC)cc1Br. The standard InChI is InChI=1S/C12H15BrO4/c1-7(12(14)15)4-8-5-11(17-3)9(13)6-10(8)16-2/h5-7H,4H2,1-3H3,(H,14,15). The van der Waals surface area contributed by atoms with E-state index in [0.29, 0.717) is 17.9 Å². The first-order valence-electron chi connectivity index (χ1n) is 5.12. The van der Waals surface area contributed by atoms with E-state index in [1.165, 1.54) is 0 Å². The Labute approximate surface area is 109 Å². The summed E-state index contributed by atoms with van der Waals surface area (Å²) in [5.41, 5.74) is 0.822. The van der Waals surface area contributed by atoms with Crippen molar-refractivity contribution in [3.8, 4) is 11.5 Å². The molecule has 0 aliphatic heterocycles. The number of hydrogen-bond acceptors (Lipinski definition) is 3. The highest BCUT2D eigenvalue weighted by Crippen LogP contribution is 2.33. The molecule has 0 bridgehead atoms. The molecule has 0 fully saturated rings. The van der Waals surface area contributed by atoms with Crippen molar-refractivity contribution in [3.05, 3.63) is 22.2 Å². The summed E-state index contributed by atoms with van der Waals surface area (Å²) in [6, 6.07) is 3.57. The van der Waals surface area contributed by atoms with Gasteiger partial charge in [0.05, 0.1) is 24.6 Å². The molecule has 4 nitrogen and oxygen atoms in total. The minimum absolute atomic E-state index is 0.405. The molecule has 1 N–H and O–H groups in total. The second kappa shape index (κ2) is 5.91. The molecule has 0 saturated carbocycles. The molecule has 0 aliphatic carbocycles. The maximum absolute atomic E-state index is 10.8. The maximum Gasteiger partial charge on any atom is 0.306 e. The lowest BCUT2D eigenvalue weighted by Gasteiger charge is -2.13. The molecule has 0 heterocycles. The average molecular weight is 303 g/mol. The van der Waals surface area contributed by atoms with Crippen LogP contribution in [0.4, 0.5) is 0 Å². The lowest BCUT2D eigenvalue weighted by atomic mass is 10.0. The summed E-state index contributed by atoms with van der Waals surface area (Å²) in [6.07, 6.45) is 0.405. The molecule has 0 saturated heterocycles. The fraction of sp³-hybridized carbons (Fsp3) is 0.417. The van der Waals surface area contributed by atoms with Gasteiger partial charge >= 0.3 is 5.97 Å². The topological polar surface area (TPSA) is 55.8 Å². The Morgan fingerprint density at radius 1 is 1.35 bits per heavy atom. The van der Waals surface area contributed by atoms with Gasteiger partial charge in [-0.2, -0.15) is 0 Å². The van der Waals surface area contributed by atoms with Crippen LogP contribution < -0.4 is 9.47 Å². The lowest BCUT2D eigenvalue weighted by Crippen LogP contribution is -2.13. The highest BCUT2D eigenvalue weighted by Gasteiger charge is 2.16. The molecule has 0 aliphatic rings. The van der Waals surface area contributed by atoms with Gasteiger partial charge in [0.2, 0.25) is 0 Å². The third-order valence-electron chi connectivity index (χ3n) is 2.50. The first-order valence-corrected chi connectivity index (χ1v) is 5.92. The van der Waals surface area contributed by atoms with Crippen molar-refractivity contribution in [2.75, 3.05) is 14.2 Å². The van der Waals surface area contributed by atoms with Crippen molar-refractivity contribution < 1.29 is 19.4 Å². The fourth-order valence-electron chi connectivity index (χ4n) is 1.50. The number of carbonyl (C=O) groups is 1. The molecular formula is C12H15BrO4. The van der Waals surface area contributed by atoms with Gasteiger partial charge in [-0.25, -0.2) is 0 Å². The minimum atomic E-state index is -0.825. The van der Waals surface area contributed by atoms with Gasteiger partial charge in [-0.05, 0) is 40.0 Å². The highest BCUT2D eigenvalue weighted by atomic mass is 79.9. The number of hydrogen-bond donors (Lipinski definition) is 1. The Morgan fingerprint density at radius 2 is 1.94 bits per heavy atom. The first kappa shape index (κ1) is 13.8. The number of rotatable bonds is 5. The van der Waals surface area contributed by atoms with E-state index in [1.807, 2.05) is 0 Å². The van der Waals surface area contributed by atoms with Crippen LogP contribution in [0.25, 0.3) is 0 Å². The Bertz CT molecular complexity index is 417. The Kier molecular flexibility index (Phi) is 4.81. The van der Waals surface area contributed by atoms with Crippen LogP contribution in [0.5, 0.6) is 11.5 Å². The van der Waals surface area contributed by atoms with Crippen LogP contribution in [0.3, 0.4) is 0 Å². The zero-order valence-corrected chi connectivity index (χ0v) is 11.6. The summed E-state index contributed by atoms with van der Waals surface area (Å²) in [6.45, 7) is 1.66. The van der Waals surface area contributed by atoms with Gasteiger partial charge in [-0.1, -0.05) is 6.92 Å². The quantitative estimate of drug-likeness (QED) is 0.908. The molecule has 94 valence electrons. The van der Waals surface area contributed by atoms with Crippen LogP contribution in [0.1, 0.15) is 12.5 Å². The lowest BCUT2D eigenvalue weighted by molar-refractivity contribution is -0.141. The minimum Gasteiger partial charge on any atom is -0.496 e. The van der Waals surface area contributed by atoms with Crippen molar-refractivity contribution in [3.63, 3.8) is 0 Å². The van der Waals surface area contributed by atoms with Crippen molar-refractivity contribution in [1.82, 2.24) is 0 Å². The normalized spacial score (nSPS) is 12.0. The number of benzene rings is 1. The molecular weight excluding hydrogens is 288 g/mol. The monoisotopic (exact) mass is 302 g/mol. The van der Waals surface area contributed by atoms with E-state index in [4.69, 9.17) is 14.6 Å². The van der Waals surface area contributed by atoms with Gasteiger partial charge in [0.1, 0.15) is 11.5 Å². The van der Waals surface area contributed by atoms with Crippen LogP contribution >= 0.6 is 15.9 Å². The van der Waals surface area contributed by atoms with Crippen LogP contribution in [0.2, 0.25) is 0 Å². The number of aliphatic carboxylic acids is 1. The molecule has 17 heavy (non-hydrogen) atoms. The van der Waals surface area contributed by atoms with E-state index < -0.39 is 11.9 Å². The van der Waals surface area contributed by atoms with Crippen molar-refractivity contribution >= 4 is 21.9 Å². The predicted octanol–water partition coefficient (Wildman–Crippen LogP) is 2.73. The predicted molar refractivity (Wildman–Crippen MR) is 67.7 cm³/mol. The third-order valence-corrected chi connectivity index (χ3v) is 3.12. The average Bonchev–Trinajstić information content (AvgIpc) is 2.30. The maximum atomic E-state index is 10.8. The zero-order valence-electron chi connectivity index (χ0n) is 9.99. The van der Waals surface area contributed by atoms with E-state index >= 15 is 0 Å². The Morgan fingerprint density at radius 3 is 2.41 bits per heavy atom. The van der Waals surface area contributed by atoms with Crippen LogP contribution in [-0.4, -0.2) is 25.3 Å². The van der Waals surface area contributed by atoms with Crippen molar-refractivity contribution in [2.24, 2.45) is 5.92 Å². The molecule has 5 heteroatoms. The zero-order chi connectivity index (χ0) is 13.0.